The third kappa shape index (κ3) is 2.84. The maximum atomic E-state index is 13.4. The number of rotatable bonds is 2. The van der Waals surface area contributed by atoms with Crippen LogP contribution in [0.15, 0.2) is 86.2 Å². The Kier molecular flexibility index (Phi) is 4.37. The van der Waals surface area contributed by atoms with Crippen molar-refractivity contribution in [3.63, 3.8) is 0 Å². The predicted molar refractivity (Wildman–Crippen MR) is 118 cm³/mol. The van der Waals surface area contributed by atoms with Crippen molar-refractivity contribution in [1.82, 2.24) is 0 Å². The number of fused-ring (bicyclic) bond motifs is 2. The van der Waals surface area contributed by atoms with E-state index in [1.54, 1.807) is 24.3 Å². The Morgan fingerprint density at radius 3 is 1.83 bits per heavy atom. The summed E-state index contributed by atoms with van der Waals surface area (Å²) in [5.74, 6) is 0.126. The number of halogens is 2. The summed E-state index contributed by atoms with van der Waals surface area (Å²) in [7, 11) is 0. The van der Waals surface area contributed by atoms with Crippen LogP contribution in [0.5, 0.6) is 0 Å². The lowest BCUT2D eigenvalue weighted by atomic mass is 9.84. The van der Waals surface area contributed by atoms with Crippen LogP contribution in [0.4, 0.5) is 0 Å². The van der Waals surface area contributed by atoms with Crippen LogP contribution in [0.1, 0.15) is 32.0 Å². The van der Waals surface area contributed by atoms with Crippen molar-refractivity contribution >= 4 is 43.4 Å². The van der Waals surface area contributed by atoms with E-state index in [9.17, 15) is 9.59 Å². The molecule has 1 heterocycles. The topological polar surface area (TPSA) is 47.3 Å². The minimum atomic E-state index is -0.271. The number of carbonyl (C=O) groups excluding carboxylic acids is 2. The summed E-state index contributed by atoms with van der Waals surface area (Å²) >= 11 is 7.03. The standard InChI is InChI=1S/C24H12Br2O3/c25-14-11-9-13(10-12-14)23-19(17-7-3-4-8-18(17)26)20-21(27)15-5-1-2-6-16(15)22(28)24(20)29-23/h1-12H. The smallest absolute Gasteiger partial charge is 0.229 e. The molecule has 0 saturated carbocycles. The van der Waals surface area contributed by atoms with E-state index in [4.69, 9.17) is 4.42 Å². The van der Waals surface area contributed by atoms with Gasteiger partial charge in [0.15, 0.2) is 11.5 Å². The van der Waals surface area contributed by atoms with E-state index in [1.165, 1.54) is 0 Å². The molecule has 1 aromatic heterocycles. The van der Waals surface area contributed by atoms with Crippen LogP contribution in [0.2, 0.25) is 0 Å². The summed E-state index contributed by atoms with van der Waals surface area (Å²) in [4.78, 5) is 26.6. The second-order valence-electron chi connectivity index (χ2n) is 6.70. The Balaban J connectivity index is 1.86. The second-order valence-corrected chi connectivity index (χ2v) is 8.47. The Bertz CT molecular complexity index is 1300. The van der Waals surface area contributed by atoms with Gasteiger partial charge in [-0.25, -0.2) is 0 Å². The van der Waals surface area contributed by atoms with Crippen molar-refractivity contribution in [3.8, 4) is 22.5 Å². The fourth-order valence-electron chi connectivity index (χ4n) is 3.67. The van der Waals surface area contributed by atoms with Crippen LogP contribution < -0.4 is 0 Å². The van der Waals surface area contributed by atoms with Gasteiger partial charge in [0.2, 0.25) is 5.78 Å². The first-order valence-corrected chi connectivity index (χ1v) is 10.5. The molecule has 0 fully saturated rings. The molecule has 1 aliphatic carbocycles. The van der Waals surface area contributed by atoms with Crippen LogP contribution in [0, 0.1) is 0 Å². The Morgan fingerprint density at radius 2 is 1.17 bits per heavy atom. The third-order valence-electron chi connectivity index (χ3n) is 5.01. The molecule has 140 valence electrons. The largest absolute Gasteiger partial charge is 0.451 e. The molecule has 0 spiro atoms. The van der Waals surface area contributed by atoms with Gasteiger partial charge >= 0.3 is 0 Å². The summed E-state index contributed by atoms with van der Waals surface area (Å²) in [6.45, 7) is 0. The molecule has 29 heavy (non-hydrogen) atoms. The van der Waals surface area contributed by atoms with E-state index in [0.717, 1.165) is 20.1 Å². The summed E-state index contributed by atoms with van der Waals surface area (Å²) in [6.07, 6.45) is 0. The zero-order valence-electron chi connectivity index (χ0n) is 14.9. The van der Waals surface area contributed by atoms with E-state index in [-0.39, 0.29) is 17.3 Å². The van der Waals surface area contributed by atoms with Gasteiger partial charge in [-0.1, -0.05) is 86.5 Å². The Hall–Kier alpha value is -2.76. The van der Waals surface area contributed by atoms with Crippen molar-refractivity contribution in [2.45, 2.75) is 0 Å². The maximum absolute atomic E-state index is 13.4. The van der Waals surface area contributed by atoms with E-state index in [1.807, 2.05) is 48.5 Å². The van der Waals surface area contributed by atoms with Crippen molar-refractivity contribution < 1.29 is 14.0 Å². The zero-order chi connectivity index (χ0) is 20.1. The second kappa shape index (κ2) is 6.94. The lowest BCUT2D eigenvalue weighted by Crippen LogP contribution is -2.19. The van der Waals surface area contributed by atoms with Crippen LogP contribution in [-0.2, 0) is 0 Å². The fourth-order valence-corrected chi connectivity index (χ4v) is 4.42. The Morgan fingerprint density at radius 1 is 0.586 bits per heavy atom. The molecule has 4 aromatic rings. The van der Waals surface area contributed by atoms with Gasteiger partial charge in [0.1, 0.15) is 5.76 Å². The van der Waals surface area contributed by atoms with Gasteiger partial charge in [-0.2, -0.15) is 0 Å². The molecule has 0 bridgehead atoms. The van der Waals surface area contributed by atoms with E-state index in [0.29, 0.717) is 28.0 Å². The first kappa shape index (κ1) is 18.3. The minimum Gasteiger partial charge on any atom is -0.451 e. The number of furan rings is 1. The molecule has 0 amide bonds. The quantitative estimate of drug-likeness (QED) is 0.260. The molecule has 0 saturated heterocycles. The van der Waals surface area contributed by atoms with Crippen LogP contribution in [0.25, 0.3) is 22.5 Å². The minimum absolute atomic E-state index is 0.0948. The monoisotopic (exact) mass is 506 g/mol. The SMILES string of the molecule is O=C1c2ccccc2C(=O)c2c1oc(-c1ccc(Br)cc1)c2-c1ccccc1Br. The van der Waals surface area contributed by atoms with Gasteiger partial charge in [-0.15, -0.1) is 0 Å². The molecule has 0 N–H and O–H groups in total. The van der Waals surface area contributed by atoms with Crippen molar-refractivity contribution in [3.05, 3.63) is 104 Å². The molecular weight excluding hydrogens is 496 g/mol. The molecule has 0 atom stereocenters. The summed E-state index contributed by atoms with van der Waals surface area (Å²) in [5.41, 5.74) is 3.32. The van der Waals surface area contributed by atoms with Crippen molar-refractivity contribution in [2.24, 2.45) is 0 Å². The highest BCUT2D eigenvalue weighted by atomic mass is 79.9. The number of hydrogen-bond donors (Lipinski definition) is 0. The van der Waals surface area contributed by atoms with Crippen LogP contribution in [0.3, 0.4) is 0 Å². The first-order valence-electron chi connectivity index (χ1n) is 8.92. The summed E-state index contributed by atoms with van der Waals surface area (Å²) in [6, 6.07) is 22.1. The molecule has 3 nitrogen and oxygen atoms in total. The molecular formula is C24H12Br2O3. The van der Waals surface area contributed by atoms with Gasteiger partial charge in [-0.05, 0) is 18.2 Å². The lowest BCUT2D eigenvalue weighted by molar-refractivity contribution is 0.0961. The van der Waals surface area contributed by atoms with E-state index < -0.39 is 0 Å². The number of hydrogen-bond acceptors (Lipinski definition) is 3. The van der Waals surface area contributed by atoms with Crippen LogP contribution >= 0.6 is 31.9 Å². The van der Waals surface area contributed by atoms with Gasteiger partial charge in [0.05, 0.1) is 5.56 Å². The predicted octanol–water partition coefficient (Wildman–Crippen LogP) is 6.91. The number of ketones is 2. The fraction of sp³-hybridized carbons (Fsp3) is 0. The molecule has 3 aromatic carbocycles. The molecule has 0 radical (unpaired) electrons. The van der Waals surface area contributed by atoms with Crippen molar-refractivity contribution in [2.75, 3.05) is 0 Å². The van der Waals surface area contributed by atoms with E-state index >= 15 is 0 Å². The normalized spacial score (nSPS) is 12.6. The lowest BCUT2D eigenvalue weighted by Gasteiger charge is -2.14. The maximum Gasteiger partial charge on any atom is 0.229 e. The van der Waals surface area contributed by atoms with Crippen molar-refractivity contribution in [1.29, 1.82) is 0 Å². The highest BCUT2D eigenvalue weighted by molar-refractivity contribution is 9.10. The Labute approximate surface area is 183 Å². The summed E-state index contributed by atoms with van der Waals surface area (Å²) in [5, 5.41) is 0. The van der Waals surface area contributed by atoms with Gasteiger partial charge < -0.3 is 4.42 Å². The number of carbonyl (C=O) groups is 2. The zero-order valence-corrected chi connectivity index (χ0v) is 18.1. The average molecular weight is 508 g/mol. The molecule has 5 rings (SSSR count). The molecule has 5 heteroatoms. The van der Waals surface area contributed by atoms with E-state index in [2.05, 4.69) is 31.9 Å². The van der Waals surface area contributed by atoms with Gasteiger partial charge in [-0.3, -0.25) is 9.59 Å². The summed E-state index contributed by atoms with van der Waals surface area (Å²) < 4.78 is 7.86. The van der Waals surface area contributed by atoms with Crippen LogP contribution in [-0.4, -0.2) is 11.6 Å². The molecule has 0 unspecified atom stereocenters. The highest BCUT2D eigenvalue weighted by Crippen LogP contribution is 2.45. The average Bonchev–Trinajstić information content (AvgIpc) is 3.14. The third-order valence-corrected chi connectivity index (χ3v) is 6.23. The molecule has 1 aliphatic rings. The van der Waals surface area contributed by atoms with Gasteiger partial charge in [0.25, 0.3) is 0 Å². The van der Waals surface area contributed by atoms with Gasteiger partial charge in [0, 0.05) is 36.8 Å². The first-order chi connectivity index (χ1) is 14.1. The highest BCUT2D eigenvalue weighted by Gasteiger charge is 2.38. The number of benzene rings is 3. The molecule has 0 aliphatic heterocycles.